The third-order valence-corrected chi connectivity index (χ3v) is 5.23. The number of imidazole rings is 1. The van der Waals surface area contributed by atoms with Crippen molar-refractivity contribution in [3.8, 4) is 22.8 Å². The van der Waals surface area contributed by atoms with E-state index >= 15 is 0 Å². The number of hydrogen-bond donors (Lipinski definition) is 0. The Morgan fingerprint density at radius 1 is 1.03 bits per heavy atom. The molecule has 0 atom stereocenters. The molecule has 1 fully saturated rings. The van der Waals surface area contributed by atoms with Crippen LogP contribution in [-0.2, 0) is 4.74 Å². The van der Waals surface area contributed by atoms with Crippen molar-refractivity contribution in [1.82, 2.24) is 19.5 Å². The fourth-order valence-electron chi connectivity index (χ4n) is 3.62. The van der Waals surface area contributed by atoms with Crippen molar-refractivity contribution in [1.29, 1.82) is 0 Å². The van der Waals surface area contributed by atoms with Crippen LogP contribution < -0.4 is 14.4 Å². The van der Waals surface area contributed by atoms with Crippen LogP contribution in [0.25, 0.3) is 16.9 Å². The lowest BCUT2D eigenvalue weighted by Gasteiger charge is -2.35. The highest BCUT2D eigenvalue weighted by Gasteiger charge is 2.24. The van der Waals surface area contributed by atoms with Crippen LogP contribution in [0.1, 0.15) is 13.8 Å². The molecule has 0 bridgehead atoms. The molecule has 0 radical (unpaired) electrons. The van der Waals surface area contributed by atoms with Gasteiger partial charge in [0.05, 0.1) is 32.2 Å². The first-order valence-corrected chi connectivity index (χ1v) is 10.3. The zero-order valence-electron chi connectivity index (χ0n) is 18.2. The summed E-state index contributed by atoms with van der Waals surface area (Å²) in [6, 6.07) is 9.53. The first kappa shape index (κ1) is 20.8. The summed E-state index contributed by atoms with van der Waals surface area (Å²) >= 11 is 0. The van der Waals surface area contributed by atoms with E-state index in [9.17, 15) is 4.79 Å². The molecule has 3 aromatic rings. The number of fused-ring (bicyclic) bond motifs is 1. The Morgan fingerprint density at radius 3 is 2.48 bits per heavy atom. The molecule has 4 rings (SSSR count). The van der Waals surface area contributed by atoms with E-state index in [1.807, 2.05) is 48.7 Å². The van der Waals surface area contributed by atoms with Gasteiger partial charge in [-0.3, -0.25) is 0 Å². The summed E-state index contributed by atoms with van der Waals surface area (Å²) in [5, 5.41) is 4.83. The second-order valence-electron chi connectivity index (χ2n) is 7.58. The van der Waals surface area contributed by atoms with E-state index in [2.05, 4.69) is 9.88 Å². The maximum absolute atomic E-state index is 12.1. The minimum Gasteiger partial charge on any atom is -0.497 e. The lowest BCUT2D eigenvalue weighted by atomic mass is 10.1. The maximum Gasteiger partial charge on any atom is 0.410 e. The Balaban J connectivity index is 1.60. The number of nitrogens with zero attached hydrogens (tertiary/aromatic N) is 5. The van der Waals surface area contributed by atoms with Crippen LogP contribution >= 0.6 is 0 Å². The number of anilines is 1. The van der Waals surface area contributed by atoms with E-state index in [-0.39, 0.29) is 12.2 Å². The number of carbonyl (C=O) groups is 1. The van der Waals surface area contributed by atoms with Gasteiger partial charge in [0.15, 0.2) is 5.65 Å². The van der Waals surface area contributed by atoms with Crippen molar-refractivity contribution >= 4 is 17.6 Å². The number of methoxy groups -OCH3 is 2. The van der Waals surface area contributed by atoms with Gasteiger partial charge in [-0.15, -0.1) is 5.10 Å². The molecule has 1 amide bonds. The van der Waals surface area contributed by atoms with Crippen molar-refractivity contribution in [3.05, 3.63) is 36.5 Å². The number of aromatic nitrogens is 3. The second-order valence-corrected chi connectivity index (χ2v) is 7.58. The summed E-state index contributed by atoms with van der Waals surface area (Å²) < 4.78 is 18.0. The molecule has 1 saturated heterocycles. The zero-order chi connectivity index (χ0) is 22.0. The molecule has 1 aliphatic rings. The Morgan fingerprint density at radius 2 is 1.81 bits per heavy atom. The number of hydrogen-bond acceptors (Lipinski definition) is 7. The van der Waals surface area contributed by atoms with Gasteiger partial charge in [0.2, 0.25) is 0 Å². The summed E-state index contributed by atoms with van der Waals surface area (Å²) in [5.74, 6) is 2.27. The largest absolute Gasteiger partial charge is 0.497 e. The van der Waals surface area contributed by atoms with Crippen LogP contribution in [0, 0.1) is 0 Å². The van der Waals surface area contributed by atoms with E-state index in [1.165, 1.54) is 0 Å². The van der Waals surface area contributed by atoms with E-state index in [0.29, 0.717) is 31.9 Å². The first-order valence-electron chi connectivity index (χ1n) is 10.3. The molecule has 0 aliphatic carbocycles. The van der Waals surface area contributed by atoms with Gasteiger partial charge in [-0.05, 0) is 44.2 Å². The van der Waals surface area contributed by atoms with Gasteiger partial charge in [-0.1, -0.05) is 0 Å². The van der Waals surface area contributed by atoms with Gasteiger partial charge in [0.25, 0.3) is 0 Å². The van der Waals surface area contributed by atoms with Crippen LogP contribution in [-0.4, -0.2) is 72.1 Å². The van der Waals surface area contributed by atoms with E-state index < -0.39 is 0 Å². The van der Waals surface area contributed by atoms with Crippen molar-refractivity contribution in [2.75, 3.05) is 45.3 Å². The monoisotopic (exact) mass is 425 g/mol. The Hall–Kier alpha value is -3.49. The quantitative estimate of drug-likeness (QED) is 0.621. The van der Waals surface area contributed by atoms with Crippen LogP contribution in [0.3, 0.4) is 0 Å². The van der Waals surface area contributed by atoms with Crippen LogP contribution in [0.15, 0.2) is 36.5 Å². The Labute approximate surface area is 181 Å². The molecule has 1 aromatic carbocycles. The molecule has 164 valence electrons. The molecule has 3 heterocycles. The molecule has 9 heteroatoms. The molecule has 0 spiro atoms. The highest BCUT2D eigenvalue weighted by atomic mass is 16.6. The molecule has 0 N–H and O–H groups in total. The molecular formula is C22H27N5O4. The van der Waals surface area contributed by atoms with Gasteiger partial charge in [-0.25, -0.2) is 14.3 Å². The zero-order valence-corrected chi connectivity index (χ0v) is 18.2. The van der Waals surface area contributed by atoms with Gasteiger partial charge in [-0.2, -0.15) is 0 Å². The summed E-state index contributed by atoms with van der Waals surface area (Å²) in [6.07, 6.45) is 1.39. The van der Waals surface area contributed by atoms with E-state index in [1.54, 1.807) is 25.3 Å². The molecule has 1 aliphatic heterocycles. The minimum absolute atomic E-state index is 0.122. The summed E-state index contributed by atoms with van der Waals surface area (Å²) in [7, 11) is 3.27. The highest BCUT2D eigenvalue weighted by molar-refractivity contribution is 5.71. The van der Waals surface area contributed by atoms with E-state index in [0.717, 1.165) is 28.5 Å². The molecule has 2 aromatic heterocycles. The average molecular weight is 425 g/mol. The lowest BCUT2D eigenvalue weighted by molar-refractivity contribution is 0.0751. The predicted octanol–water partition coefficient (Wildman–Crippen LogP) is 3.08. The standard InChI is InChI=1S/C22H27N5O4/c1-15(2)31-22(28)26-11-9-25(10-12-26)21-8-7-20-23-14-18(27(20)24-21)17-13-16(29-3)5-6-19(17)30-4/h5-8,13-15H,9-12H2,1-4H3. The van der Waals surface area contributed by atoms with Crippen LogP contribution in [0.5, 0.6) is 11.5 Å². The van der Waals surface area contributed by atoms with Crippen molar-refractivity contribution in [3.63, 3.8) is 0 Å². The molecule has 0 saturated carbocycles. The normalized spacial score (nSPS) is 14.2. The average Bonchev–Trinajstić information content (AvgIpc) is 3.21. The SMILES string of the molecule is COc1ccc(OC)c(-c2cnc3ccc(N4CCN(C(=O)OC(C)C)CC4)nn23)c1. The summed E-state index contributed by atoms with van der Waals surface area (Å²) in [5.41, 5.74) is 2.40. The number of carbonyl (C=O) groups excluding carboxylic acids is 1. The van der Waals surface area contributed by atoms with Gasteiger partial charge >= 0.3 is 6.09 Å². The third-order valence-electron chi connectivity index (χ3n) is 5.23. The number of piperazine rings is 1. The van der Waals surface area contributed by atoms with Crippen molar-refractivity contribution in [2.24, 2.45) is 0 Å². The number of ether oxygens (including phenoxy) is 3. The summed E-state index contributed by atoms with van der Waals surface area (Å²) in [6.45, 7) is 6.24. The fraction of sp³-hybridized carbons (Fsp3) is 0.409. The molecule has 9 nitrogen and oxygen atoms in total. The number of amides is 1. The highest BCUT2D eigenvalue weighted by Crippen LogP contribution is 2.33. The minimum atomic E-state index is -0.264. The third kappa shape index (κ3) is 4.21. The van der Waals surface area contributed by atoms with E-state index in [4.69, 9.17) is 19.3 Å². The number of rotatable bonds is 5. The first-order chi connectivity index (χ1) is 15.0. The van der Waals surface area contributed by atoms with Crippen molar-refractivity contribution in [2.45, 2.75) is 20.0 Å². The van der Waals surface area contributed by atoms with Crippen LogP contribution in [0.2, 0.25) is 0 Å². The lowest BCUT2D eigenvalue weighted by Crippen LogP contribution is -2.49. The Bertz CT molecular complexity index is 1070. The van der Waals surface area contributed by atoms with Crippen LogP contribution in [0.4, 0.5) is 10.6 Å². The maximum atomic E-state index is 12.1. The number of benzene rings is 1. The summed E-state index contributed by atoms with van der Waals surface area (Å²) in [4.78, 5) is 20.5. The molecule has 31 heavy (non-hydrogen) atoms. The Kier molecular flexibility index (Phi) is 5.83. The van der Waals surface area contributed by atoms with Gasteiger partial charge in [0, 0.05) is 31.7 Å². The molecule has 0 unspecified atom stereocenters. The topological polar surface area (TPSA) is 81.4 Å². The fourth-order valence-corrected chi connectivity index (χ4v) is 3.62. The second kappa shape index (κ2) is 8.71. The van der Waals surface area contributed by atoms with Crippen molar-refractivity contribution < 1.29 is 19.0 Å². The smallest absolute Gasteiger partial charge is 0.410 e. The van der Waals surface area contributed by atoms with Gasteiger partial charge < -0.3 is 24.0 Å². The van der Waals surface area contributed by atoms with Gasteiger partial charge in [0.1, 0.15) is 17.3 Å². The predicted molar refractivity (Wildman–Crippen MR) is 117 cm³/mol. The molecular weight excluding hydrogens is 398 g/mol.